The number of carbonyl (C=O) groups is 1. The van der Waals surface area contributed by atoms with Crippen LogP contribution in [0.5, 0.6) is 0 Å². The summed E-state index contributed by atoms with van der Waals surface area (Å²) in [6.45, 7) is 0.917. The molecule has 0 saturated carbocycles. The predicted molar refractivity (Wildman–Crippen MR) is 113 cm³/mol. The lowest BCUT2D eigenvalue weighted by Crippen LogP contribution is -2.45. The lowest BCUT2D eigenvalue weighted by Gasteiger charge is -2.37. The highest BCUT2D eigenvalue weighted by Crippen LogP contribution is 2.36. The number of fused-ring (bicyclic) bond motifs is 1. The summed E-state index contributed by atoms with van der Waals surface area (Å²) in [5, 5.41) is 11.9. The number of thiophene rings is 1. The second-order valence-corrected chi connectivity index (χ2v) is 8.73. The first-order chi connectivity index (χ1) is 15.1. The first kappa shape index (κ1) is 22.3. The predicted octanol–water partition coefficient (Wildman–Crippen LogP) is 2.96. The molecular formula is C21H20F3N3O4S. The molecule has 2 aromatic heterocycles. The molecule has 1 fully saturated rings. The molecule has 7 nitrogen and oxygen atoms in total. The van der Waals surface area contributed by atoms with Crippen LogP contribution in [0.1, 0.15) is 23.5 Å². The molecule has 0 bridgehead atoms. The van der Waals surface area contributed by atoms with E-state index in [0.717, 1.165) is 16.7 Å². The molecule has 0 spiro atoms. The Morgan fingerprint density at radius 2 is 2.00 bits per heavy atom. The van der Waals surface area contributed by atoms with Gasteiger partial charge < -0.3 is 10.0 Å². The van der Waals surface area contributed by atoms with Crippen LogP contribution in [0, 0.1) is 5.92 Å². The molecule has 1 aliphatic heterocycles. The molecule has 32 heavy (non-hydrogen) atoms. The molecule has 2 N–H and O–H groups in total. The van der Waals surface area contributed by atoms with Crippen molar-refractivity contribution in [3.05, 3.63) is 67.7 Å². The Hall–Kier alpha value is -2.92. The monoisotopic (exact) mass is 467 g/mol. The summed E-state index contributed by atoms with van der Waals surface area (Å²) >= 11 is 1.26. The number of carboxylic acid groups (broad SMARTS) is 1. The number of rotatable bonds is 5. The number of aromatic amines is 1. The number of halogens is 3. The maximum Gasteiger partial charge on any atom is 0.416 e. The van der Waals surface area contributed by atoms with E-state index in [1.165, 1.54) is 23.5 Å². The summed E-state index contributed by atoms with van der Waals surface area (Å²) in [7, 11) is 0. The average Bonchev–Trinajstić information content (AvgIpc) is 3.21. The lowest BCUT2D eigenvalue weighted by molar-refractivity contribution is -0.144. The van der Waals surface area contributed by atoms with E-state index in [9.17, 15) is 32.7 Å². The highest BCUT2D eigenvalue weighted by molar-refractivity contribution is 7.16. The van der Waals surface area contributed by atoms with Gasteiger partial charge >= 0.3 is 17.8 Å². The minimum Gasteiger partial charge on any atom is -0.481 e. The number of hydrogen-bond donors (Lipinski definition) is 2. The summed E-state index contributed by atoms with van der Waals surface area (Å²) in [5.41, 5.74) is -1.39. The number of aromatic nitrogens is 2. The summed E-state index contributed by atoms with van der Waals surface area (Å²) in [6, 6.07) is 6.44. The smallest absolute Gasteiger partial charge is 0.416 e. The standard InChI is InChI=1S/C21H20F3N3O4S/c22-21(23,24)13-3-1-2-12(10-13)14-4-6-26(11-16(14)19(29)30)7-8-27-18(28)15-5-9-32-17(15)25-20(27)31/h1-3,5,9-10,14,16H,4,6-8,11H2,(H,25,31)(H,29,30). The van der Waals surface area contributed by atoms with E-state index in [-0.39, 0.29) is 19.6 Å². The molecule has 1 aromatic carbocycles. The quantitative estimate of drug-likeness (QED) is 0.602. The second-order valence-electron chi connectivity index (χ2n) is 7.81. The fourth-order valence-electron chi connectivity index (χ4n) is 4.24. The highest BCUT2D eigenvalue weighted by Gasteiger charge is 2.37. The first-order valence-electron chi connectivity index (χ1n) is 9.98. The van der Waals surface area contributed by atoms with Gasteiger partial charge in [-0.2, -0.15) is 13.2 Å². The van der Waals surface area contributed by atoms with Gasteiger partial charge in [-0.05, 0) is 42.0 Å². The molecule has 0 amide bonds. The van der Waals surface area contributed by atoms with Crippen LogP contribution in [0.4, 0.5) is 13.2 Å². The Bertz CT molecular complexity index is 1260. The number of benzene rings is 1. The molecule has 0 radical (unpaired) electrons. The third-order valence-electron chi connectivity index (χ3n) is 5.90. The van der Waals surface area contributed by atoms with Crippen molar-refractivity contribution in [1.82, 2.24) is 14.5 Å². The van der Waals surface area contributed by atoms with Gasteiger partial charge in [-0.3, -0.25) is 19.1 Å². The first-order valence-corrected chi connectivity index (χ1v) is 10.9. The van der Waals surface area contributed by atoms with Crippen molar-refractivity contribution >= 4 is 27.5 Å². The molecule has 2 unspecified atom stereocenters. The fourth-order valence-corrected chi connectivity index (χ4v) is 5.01. The number of hydrogen-bond acceptors (Lipinski definition) is 5. The van der Waals surface area contributed by atoms with Gasteiger partial charge in [-0.25, -0.2) is 4.79 Å². The highest BCUT2D eigenvalue weighted by atomic mass is 32.1. The van der Waals surface area contributed by atoms with Crippen molar-refractivity contribution in [1.29, 1.82) is 0 Å². The topological polar surface area (TPSA) is 95.4 Å². The number of carboxylic acids is 1. The average molecular weight is 467 g/mol. The Kier molecular flexibility index (Phi) is 5.95. The van der Waals surface area contributed by atoms with Gasteiger partial charge in [-0.15, -0.1) is 11.3 Å². The van der Waals surface area contributed by atoms with Gasteiger partial charge in [0.05, 0.1) is 16.9 Å². The van der Waals surface area contributed by atoms with Crippen LogP contribution in [0.2, 0.25) is 0 Å². The van der Waals surface area contributed by atoms with E-state index in [4.69, 9.17) is 0 Å². The number of piperidine rings is 1. The van der Waals surface area contributed by atoms with E-state index in [1.54, 1.807) is 11.4 Å². The van der Waals surface area contributed by atoms with Gasteiger partial charge in [-0.1, -0.05) is 18.2 Å². The number of nitrogens with one attached hydrogen (secondary N) is 1. The third kappa shape index (κ3) is 4.35. The summed E-state index contributed by atoms with van der Waals surface area (Å²) in [6.07, 6.45) is -4.15. The molecule has 3 heterocycles. The number of alkyl halides is 3. The molecule has 1 aliphatic rings. The Labute approximate surface area is 183 Å². The van der Waals surface area contributed by atoms with E-state index >= 15 is 0 Å². The molecule has 2 atom stereocenters. The zero-order valence-corrected chi connectivity index (χ0v) is 17.6. The van der Waals surface area contributed by atoms with Crippen LogP contribution in [-0.2, 0) is 17.5 Å². The molecule has 170 valence electrons. The number of aliphatic carboxylic acids is 1. The van der Waals surface area contributed by atoms with Crippen LogP contribution >= 0.6 is 11.3 Å². The van der Waals surface area contributed by atoms with Crippen LogP contribution in [0.3, 0.4) is 0 Å². The minimum atomic E-state index is -4.50. The molecule has 0 aliphatic carbocycles. The van der Waals surface area contributed by atoms with Gasteiger partial charge in [0.1, 0.15) is 4.83 Å². The van der Waals surface area contributed by atoms with Crippen LogP contribution in [0.15, 0.2) is 45.3 Å². The largest absolute Gasteiger partial charge is 0.481 e. The van der Waals surface area contributed by atoms with Crippen molar-refractivity contribution in [3.63, 3.8) is 0 Å². The Morgan fingerprint density at radius 1 is 1.22 bits per heavy atom. The maximum atomic E-state index is 13.1. The van der Waals surface area contributed by atoms with Gasteiger partial charge in [0.25, 0.3) is 5.56 Å². The summed E-state index contributed by atoms with van der Waals surface area (Å²) < 4.78 is 40.3. The van der Waals surface area contributed by atoms with Crippen LogP contribution < -0.4 is 11.2 Å². The molecule has 11 heteroatoms. The summed E-state index contributed by atoms with van der Waals surface area (Å²) in [5.74, 6) is -2.55. The fraction of sp³-hybridized carbons (Fsp3) is 0.381. The Morgan fingerprint density at radius 3 is 2.72 bits per heavy atom. The van der Waals surface area contributed by atoms with E-state index < -0.39 is 40.8 Å². The van der Waals surface area contributed by atoms with Crippen molar-refractivity contribution in [2.24, 2.45) is 5.92 Å². The van der Waals surface area contributed by atoms with Crippen molar-refractivity contribution in [3.8, 4) is 0 Å². The zero-order valence-electron chi connectivity index (χ0n) is 16.8. The normalized spacial score (nSPS) is 20.0. The lowest BCUT2D eigenvalue weighted by atomic mass is 9.80. The second kappa shape index (κ2) is 8.55. The summed E-state index contributed by atoms with van der Waals surface area (Å²) in [4.78, 5) is 41.7. The van der Waals surface area contributed by atoms with E-state index in [1.807, 2.05) is 4.90 Å². The van der Waals surface area contributed by atoms with Crippen molar-refractivity contribution < 1.29 is 23.1 Å². The number of H-pyrrole nitrogens is 1. The van der Waals surface area contributed by atoms with Crippen molar-refractivity contribution in [2.75, 3.05) is 19.6 Å². The molecular weight excluding hydrogens is 447 g/mol. The molecule has 3 aromatic rings. The minimum absolute atomic E-state index is 0.0838. The Balaban J connectivity index is 1.50. The molecule has 4 rings (SSSR count). The van der Waals surface area contributed by atoms with E-state index in [0.29, 0.717) is 28.7 Å². The zero-order chi connectivity index (χ0) is 23.0. The number of likely N-dealkylation sites (tertiary alicyclic amines) is 1. The SMILES string of the molecule is O=C(O)C1CN(CCn2c(=O)[nH]c3sccc3c2=O)CCC1c1cccc(C(F)(F)F)c1. The van der Waals surface area contributed by atoms with Gasteiger partial charge in [0, 0.05) is 19.6 Å². The van der Waals surface area contributed by atoms with E-state index in [2.05, 4.69) is 4.98 Å². The van der Waals surface area contributed by atoms with Crippen molar-refractivity contribution in [2.45, 2.75) is 25.1 Å². The van der Waals surface area contributed by atoms with Crippen LogP contribution in [0.25, 0.3) is 10.2 Å². The number of nitrogens with zero attached hydrogens (tertiary/aromatic N) is 2. The van der Waals surface area contributed by atoms with Gasteiger partial charge in [0.2, 0.25) is 0 Å². The third-order valence-corrected chi connectivity index (χ3v) is 6.73. The molecule has 1 saturated heterocycles. The van der Waals surface area contributed by atoms with Crippen LogP contribution in [-0.4, -0.2) is 45.2 Å². The van der Waals surface area contributed by atoms with Gasteiger partial charge in [0.15, 0.2) is 0 Å². The maximum absolute atomic E-state index is 13.1.